The number of rotatable bonds is 6. The number of nitrogens with one attached hydrogen (secondary N) is 1. The van der Waals surface area contributed by atoms with Crippen molar-refractivity contribution in [3.8, 4) is 0 Å². The number of thioether (sulfide) groups is 1. The molecule has 3 rings (SSSR count). The number of anilines is 1. The van der Waals surface area contributed by atoms with E-state index in [2.05, 4.69) is 5.32 Å². The van der Waals surface area contributed by atoms with Crippen molar-refractivity contribution in [2.75, 3.05) is 31.3 Å². The van der Waals surface area contributed by atoms with Crippen LogP contribution in [0, 0.1) is 6.92 Å². The lowest BCUT2D eigenvalue weighted by molar-refractivity contribution is -0.123. The average molecular weight is 434 g/mol. The third-order valence-electron chi connectivity index (χ3n) is 4.56. The third kappa shape index (κ3) is 4.80. The average Bonchev–Trinajstić information content (AvgIpc) is 2.69. The van der Waals surface area contributed by atoms with Gasteiger partial charge in [0.1, 0.15) is 6.54 Å². The third-order valence-corrected chi connectivity index (χ3v) is 7.42. The standard InChI is InChI=1S/C20H23N3O4S2/c1-14-4-6-15(7-5-14)11-21-19(24)12-23-17-10-16(29(26,27)22(2)3)8-9-18(17)28-13-20(23)25/h4-10H,11-13H2,1-3H3,(H,21,24). The molecule has 1 aliphatic rings. The zero-order valence-corrected chi connectivity index (χ0v) is 18.1. The van der Waals surface area contributed by atoms with E-state index < -0.39 is 10.0 Å². The van der Waals surface area contributed by atoms with Crippen molar-refractivity contribution >= 4 is 39.3 Å². The first-order valence-electron chi connectivity index (χ1n) is 9.00. The van der Waals surface area contributed by atoms with E-state index in [0.29, 0.717) is 12.2 Å². The molecule has 0 unspecified atom stereocenters. The monoisotopic (exact) mass is 433 g/mol. The molecule has 0 atom stereocenters. The van der Waals surface area contributed by atoms with Gasteiger partial charge in [-0.05, 0) is 30.7 Å². The number of hydrogen-bond donors (Lipinski definition) is 1. The summed E-state index contributed by atoms with van der Waals surface area (Å²) in [6.07, 6.45) is 0. The summed E-state index contributed by atoms with van der Waals surface area (Å²) in [4.78, 5) is 27.1. The van der Waals surface area contributed by atoms with Gasteiger partial charge in [0.05, 0.1) is 16.3 Å². The summed E-state index contributed by atoms with van der Waals surface area (Å²) in [5.74, 6) is -0.331. The number of sulfonamides is 1. The van der Waals surface area contributed by atoms with E-state index in [4.69, 9.17) is 0 Å². The number of carbonyl (C=O) groups is 2. The number of aryl methyl sites for hydroxylation is 1. The highest BCUT2D eigenvalue weighted by atomic mass is 32.2. The van der Waals surface area contributed by atoms with Crippen LogP contribution < -0.4 is 10.2 Å². The van der Waals surface area contributed by atoms with Gasteiger partial charge in [0.25, 0.3) is 0 Å². The Morgan fingerprint density at radius 2 is 1.86 bits per heavy atom. The molecule has 1 aliphatic heterocycles. The molecule has 0 spiro atoms. The summed E-state index contributed by atoms with van der Waals surface area (Å²) in [6.45, 7) is 2.19. The maximum absolute atomic E-state index is 12.5. The molecular weight excluding hydrogens is 410 g/mol. The van der Waals surface area contributed by atoms with E-state index in [0.717, 1.165) is 20.3 Å². The van der Waals surface area contributed by atoms with Gasteiger partial charge in [-0.15, -0.1) is 11.8 Å². The highest BCUT2D eigenvalue weighted by Gasteiger charge is 2.29. The van der Waals surface area contributed by atoms with E-state index >= 15 is 0 Å². The van der Waals surface area contributed by atoms with Crippen molar-refractivity contribution in [1.82, 2.24) is 9.62 Å². The van der Waals surface area contributed by atoms with Crippen LogP contribution in [-0.4, -0.2) is 50.9 Å². The molecule has 0 radical (unpaired) electrons. The molecule has 0 aliphatic carbocycles. The topological polar surface area (TPSA) is 86.8 Å². The van der Waals surface area contributed by atoms with Crippen LogP contribution >= 0.6 is 11.8 Å². The number of fused-ring (bicyclic) bond motifs is 1. The number of carbonyl (C=O) groups excluding carboxylic acids is 2. The van der Waals surface area contributed by atoms with Crippen LogP contribution in [0.1, 0.15) is 11.1 Å². The Balaban J connectivity index is 1.78. The van der Waals surface area contributed by atoms with Gasteiger partial charge in [0, 0.05) is 25.5 Å². The van der Waals surface area contributed by atoms with E-state index in [1.54, 1.807) is 6.07 Å². The molecule has 29 heavy (non-hydrogen) atoms. The first kappa shape index (κ1) is 21.4. The number of benzene rings is 2. The van der Waals surface area contributed by atoms with Crippen LogP contribution in [0.3, 0.4) is 0 Å². The van der Waals surface area contributed by atoms with Gasteiger partial charge in [0.2, 0.25) is 21.8 Å². The van der Waals surface area contributed by atoms with E-state index in [9.17, 15) is 18.0 Å². The van der Waals surface area contributed by atoms with Crippen molar-refractivity contribution in [1.29, 1.82) is 0 Å². The van der Waals surface area contributed by atoms with Crippen LogP contribution in [0.15, 0.2) is 52.3 Å². The molecule has 2 aromatic rings. The minimum atomic E-state index is -3.64. The lowest BCUT2D eigenvalue weighted by atomic mass is 10.1. The largest absolute Gasteiger partial charge is 0.350 e. The smallest absolute Gasteiger partial charge is 0.242 e. The Morgan fingerprint density at radius 3 is 2.52 bits per heavy atom. The maximum Gasteiger partial charge on any atom is 0.242 e. The second-order valence-electron chi connectivity index (χ2n) is 6.95. The molecule has 2 amide bonds. The molecule has 1 heterocycles. The van der Waals surface area contributed by atoms with Crippen LogP contribution in [0.2, 0.25) is 0 Å². The summed E-state index contributed by atoms with van der Waals surface area (Å²) < 4.78 is 26.0. The van der Waals surface area contributed by atoms with Crippen LogP contribution in [0.25, 0.3) is 0 Å². The van der Waals surface area contributed by atoms with E-state index in [1.165, 1.54) is 42.9 Å². The fourth-order valence-electron chi connectivity index (χ4n) is 2.83. The van der Waals surface area contributed by atoms with Crippen molar-refractivity contribution < 1.29 is 18.0 Å². The Morgan fingerprint density at radius 1 is 1.17 bits per heavy atom. The highest BCUT2D eigenvalue weighted by Crippen LogP contribution is 2.37. The molecule has 9 heteroatoms. The van der Waals surface area contributed by atoms with Gasteiger partial charge in [-0.25, -0.2) is 12.7 Å². The molecule has 0 saturated heterocycles. The summed E-state index contributed by atoms with van der Waals surface area (Å²) in [7, 11) is -0.745. The highest BCUT2D eigenvalue weighted by molar-refractivity contribution is 8.00. The zero-order chi connectivity index (χ0) is 21.2. The van der Waals surface area contributed by atoms with Crippen LogP contribution in [0.4, 0.5) is 5.69 Å². The predicted molar refractivity (Wildman–Crippen MR) is 113 cm³/mol. The number of hydrogen-bond acceptors (Lipinski definition) is 5. The van der Waals surface area contributed by atoms with Crippen molar-refractivity contribution in [3.05, 3.63) is 53.6 Å². The summed E-state index contributed by atoms with van der Waals surface area (Å²) in [5.41, 5.74) is 2.54. The predicted octanol–water partition coefficient (Wildman–Crippen LogP) is 2.00. The molecule has 0 fully saturated rings. The van der Waals surface area contributed by atoms with Crippen molar-refractivity contribution in [2.24, 2.45) is 0 Å². The first-order valence-corrected chi connectivity index (χ1v) is 11.4. The van der Waals surface area contributed by atoms with Crippen LogP contribution in [-0.2, 0) is 26.2 Å². The van der Waals surface area contributed by atoms with Gasteiger partial charge in [0.15, 0.2) is 0 Å². The molecule has 2 aromatic carbocycles. The molecule has 154 valence electrons. The van der Waals surface area contributed by atoms with E-state index in [1.807, 2.05) is 31.2 Å². The summed E-state index contributed by atoms with van der Waals surface area (Å²) in [6, 6.07) is 12.5. The minimum absolute atomic E-state index is 0.0848. The van der Waals surface area contributed by atoms with Gasteiger partial charge in [-0.3, -0.25) is 9.59 Å². The first-order chi connectivity index (χ1) is 13.7. The van der Waals surface area contributed by atoms with Crippen molar-refractivity contribution in [2.45, 2.75) is 23.3 Å². The summed E-state index contributed by atoms with van der Waals surface area (Å²) in [5, 5.41) is 2.81. The Bertz CT molecular complexity index is 1030. The van der Waals surface area contributed by atoms with Gasteiger partial charge >= 0.3 is 0 Å². The van der Waals surface area contributed by atoms with Gasteiger partial charge < -0.3 is 10.2 Å². The fourth-order valence-corrected chi connectivity index (χ4v) is 4.67. The van der Waals surface area contributed by atoms with Crippen molar-refractivity contribution in [3.63, 3.8) is 0 Å². The summed E-state index contributed by atoms with van der Waals surface area (Å²) >= 11 is 1.34. The fraction of sp³-hybridized carbons (Fsp3) is 0.300. The molecule has 0 saturated carbocycles. The molecule has 0 bridgehead atoms. The normalized spacial score (nSPS) is 14.1. The number of nitrogens with zero attached hydrogens (tertiary/aromatic N) is 2. The molecule has 0 aromatic heterocycles. The quantitative estimate of drug-likeness (QED) is 0.753. The second kappa shape index (κ2) is 8.56. The Hall–Kier alpha value is -2.36. The molecular formula is C20H23N3O4S2. The maximum atomic E-state index is 12.5. The van der Waals surface area contributed by atoms with Gasteiger partial charge in [-0.2, -0.15) is 0 Å². The van der Waals surface area contributed by atoms with Gasteiger partial charge in [-0.1, -0.05) is 29.8 Å². The van der Waals surface area contributed by atoms with Crippen LogP contribution in [0.5, 0.6) is 0 Å². The molecule has 7 nitrogen and oxygen atoms in total. The molecule has 1 N–H and O–H groups in total. The zero-order valence-electron chi connectivity index (χ0n) is 16.5. The minimum Gasteiger partial charge on any atom is -0.350 e. The SMILES string of the molecule is Cc1ccc(CNC(=O)CN2C(=O)CSc3ccc(S(=O)(=O)N(C)C)cc32)cc1. The number of amides is 2. The Labute approximate surface area is 175 Å². The second-order valence-corrected chi connectivity index (χ2v) is 10.1. The lowest BCUT2D eigenvalue weighted by Crippen LogP contribution is -2.43. The lowest BCUT2D eigenvalue weighted by Gasteiger charge is -2.29. The van der Waals surface area contributed by atoms with E-state index in [-0.39, 0.29) is 29.0 Å². The Kier molecular flexibility index (Phi) is 6.30.